The van der Waals surface area contributed by atoms with Gasteiger partial charge >= 0.3 is 21.3 Å². The van der Waals surface area contributed by atoms with Crippen molar-refractivity contribution in [2.45, 2.75) is 100 Å². The van der Waals surface area contributed by atoms with Crippen LogP contribution in [0.3, 0.4) is 0 Å². The van der Waals surface area contributed by atoms with Crippen molar-refractivity contribution in [2.75, 3.05) is 24.4 Å². The molecule has 1 rings (SSSR count). The highest BCUT2D eigenvalue weighted by molar-refractivity contribution is 9.09. The van der Waals surface area contributed by atoms with Crippen LogP contribution in [0.25, 0.3) is 0 Å². The fourth-order valence-corrected chi connectivity index (χ4v) is 8.86. The Kier molecular flexibility index (Phi) is 14.0. The van der Waals surface area contributed by atoms with Crippen LogP contribution in [-0.4, -0.2) is 58.8 Å². The third-order valence-electron chi connectivity index (χ3n) is 5.81. The maximum atomic E-state index is 14.4. The summed E-state index contributed by atoms with van der Waals surface area (Å²) in [7, 11) is -8.01. The summed E-state index contributed by atoms with van der Waals surface area (Å²) in [4.78, 5) is 24.0. The largest absolute Gasteiger partial charge is 0.514 e. The lowest BCUT2D eigenvalue weighted by Gasteiger charge is -2.35. The summed E-state index contributed by atoms with van der Waals surface area (Å²) in [5.41, 5.74) is 0. The third-order valence-corrected chi connectivity index (χ3v) is 11.4. The lowest BCUT2D eigenvalue weighted by molar-refractivity contribution is -0.161. The van der Waals surface area contributed by atoms with E-state index in [2.05, 4.69) is 24.3 Å². The molecule has 1 N–H and O–H groups in total. The van der Waals surface area contributed by atoms with Crippen LogP contribution in [0.15, 0.2) is 0 Å². The van der Waals surface area contributed by atoms with E-state index < -0.39 is 36.9 Å². The predicted molar refractivity (Wildman–Crippen MR) is 134 cm³/mol. The number of ketones is 1. The van der Waals surface area contributed by atoms with Gasteiger partial charge in [0.2, 0.25) is 0 Å². The molecule has 0 aliphatic heterocycles. The van der Waals surface area contributed by atoms with Crippen LogP contribution < -0.4 is 0 Å². The number of alkyl halides is 3. The molecule has 0 bridgehead atoms. The fourth-order valence-electron chi connectivity index (χ4n) is 3.88. The number of esters is 1. The van der Waals surface area contributed by atoms with Gasteiger partial charge in [-0.15, -0.1) is 8.42 Å². The maximum absolute atomic E-state index is 14.4. The molecule has 1 atom stereocenters. The topological polar surface area (TPSA) is 90.3 Å². The highest BCUT2D eigenvalue weighted by Crippen LogP contribution is 2.51. The number of carbonyl (C=O) groups is 2. The molecule has 33 heavy (non-hydrogen) atoms. The zero-order valence-corrected chi connectivity index (χ0v) is 23.0. The first-order chi connectivity index (χ1) is 15.5. The van der Waals surface area contributed by atoms with E-state index in [0.717, 1.165) is 37.4 Å². The smallest absolute Gasteiger partial charge is 0.460 e. The van der Waals surface area contributed by atoms with Crippen LogP contribution in [0.1, 0.15) is 89.9 Å². The van der Waals surface area contributed by atoms with Crippen LogP contribution in [0.2, 0.25) is 0 Å². The Morgan fingerprint density at radius 3 is 2.03 bits per heavy atom. The molecular weight excluding hydrogens is 542 g/mol. The number of hydrogen-bond donors (Lipinski definition) is 0. The summed E-state index contributed by atoms with van der Waals surface area (Å²) in [6.07, 6.45) is 15.2. The molecule has 0 spiro atoms. The molecule has 1 saturated carbocycles. The Morgan fingerprint density at radius 1 is 1.00 bits per heavy atom. The fraction of sp³-hybridized carbons (Fsp3) is 0.909. The molecule has 0 radical (unpaired) electrons. The van der Waals surface area contributed by atoms with E-state index in [1.165, 1.54) is 44.6 Å². The molecule has 6 nitrogen and oxygen atoms in total. The standard InChI is InChI=1S/C22H39BrF2O6S2/c1-32(2,20-16-12-11-15-19(20)26)31-33(28,29)22(24,25)21(27)30-18-14-10-8-6-4-3-5-7-9-13-17-23/h20H,3-18H2,1-2H3/p+1. The Morgan fingerprint density at radius 2 is 1.52 bits per heavy atom. The number of unbranched alkanes of at least 4 members (excludes halogenated alkanes) is 9. The molecule has 1 fully saturated rings. The first kappa shape index (κ1) is 30.8. The van der Waals surface area contributed by atoms with E-state index in [0.29, 0.717) is 25.7 Å². The Balaban J connectivity index is 2.35. The monoisotopic (exact) mass is 581 g/mol. The second-order valence-electron chi connectivity index (χ2n) is 8.98. The van der Waals surface area contributed by atoms with Gasteiger partial charge < -0.3 is 4.74 Å². The first-order valence-corrected chi connectivity index (χ1v) is 16.8. The van der Waals surface area contributed by atoms with Gasteiger partial charge in [0.05, 0.1) is 6.61 Å². The van der Waals surface area contributed by atoms with E-state index in [4.69, 9.17) is 0 Å². The molecule has 1 aliphatic rings. The minimum absolute atomic E-state index is 0.152. The Hall–Kier alpha value is -0.260. The molecular formula is C22H40BrF2O6S2+. The van der Waals surface area contributed by atoms with E-state index in [-0.39, 0.29) is 12.4 Å². The van der Waals surface area contributed by atoms with Crippen LogP contribution in [0, 0.1) is 0 Å². The van der Waals surface area contributed by atoms with Crippen molar-refractivity contribution in [3.8, 4) is 0 Å². The highest BCUT2D eigenvalue weighted by Gasteiger charge is 2.62. The Bertz CT molecular complexity index is 716. The van der Waals surface area contributed by atoms with E-state index in [1.54, 1.807) is 0 Å². The quantitative estimate of drug-likeness (QED) is 0.0657. The first-order valence-electron chi connectivity index (χ1n) is 11.8. The number of halogens is 3. The minimum Gasteiger partial charge on any atom is -0.460 e. The van der Waals surface area contributed by atoms with E-state index in [1.807, 2.05) is 0 Å². The number of hydrogen-bond acceptors (Lipinski definition) is 5. The SMILES string of the molecule is CS(C)([OH+]S(=O)(=O)C(F)(F)C(=O)OCCCCCCCCCCCCBr)C1CCCCC1=O. The third kappa shape index (κ3) is 10.5. The van der Waals surface area contributed by atoms with Crippen molar-refractivity contribution in [3.63, 3.8) is 0 Å². The summed E-state index contributed by atoms with van der Waals surface area (Å²) in [6, 6.07) is 0. The summed E-state index contributed by atoms with van der Waals surface area (Å²) >= 11 is 3.41. The number of rotatable bonds is 17. The van der Waals surface area contributed by atoms with Crippen molar-refractivity contribution in [1.82, 2.24) is 0 Å². The molecule has 11 heteroatoms. The molecule has 0 heterocycles. The van der Waals surface area contributed by atoms with Gasteiger partial charge in [-0.2, -0.15) is 8.78 Å². The van der Waals surface area contributed by atoms with Gasteiger partial charge in [0.1, 0.15) is 5.25 Å². The van der Waals surface area contributed by atoms with Crippen molar-refractivity contribution < 1.29 is 35.2 Å². The number of ether oxygens (including phenoxy) is 1. The highest BCUT2D eigenvalue weighted by atomic mass is 79.9. The lowest BCUT2D eigenvalue weighted by atomic mass is 9.99. The van der Waals surface area contributed by atoms with Crippen LogP contribution in [0.5, 0.6) is 0 Å². The van der Waals surface area contributed by atoms with Crippen molar-refractivity contribution >= 4 is 48.1 Å². The van der Waals surface area contributed by atoms with Crippen molar-refractivity contribution in [2.24, 2.45) is 0 Å². The van der Waals surface area contributed by atoms with Gasteiger partial charge in [-0.1, -0.05) is 73.7 Å². The number of Topliss-reactive ketones (excluding diaryl/α,β-unsaturated/α-hetero) is 1. The van der Waals surface area contributed by atoms with Crippen molar-refractivity contribution in [3.05, 3.63) is 0 Å². The summed E-state index contributed by atoms with van der Waals surface area (Å²) in [5.74, 6) is -2.25. The molecule has 0 saturated heterocycles. The van der Waals surface area contributed by atoms with Gasteiger partial charge in [-0.05, 0) is 36.0 Å². The lowest BCUT2D eigenvalue weighted by Crippen LogP contribution is -2.44. The van der Waals surface area contributed by atoms with Gasteiger partial charge in [0.15, 0.2) is 5.78 Å². The van der Waals surface area contributed by atoms with Crippen LogP contribution in [0.4, 0.5) is 8.78 Å². The molecule has 196 valence electrons. The zero-order chi connectivity index (χ0) is 25.0. The summed E-state index contributed by atoms with van der Waals surface area (Å²) < 4.78 is 61.3. The zero-order valence-electron chi connectivity index (χ0n) is 19.8. The molecule has 0 amide bonds. The van der Waals surface area contributed by atoms with Gasteiger partial charge in [-0.3, -0.25) is 8.42 Å². The average Bonchev–Trinajstić information content (AvgIpc) is 2.73. The molecule has 1 aliphatic carbocycles. The van der Waals surface area contributed by atoms with Crippen LogP contribution >= 0.6 is 26.2 Å². The molecule has 0 aromatic rings. The summed E-state index contributed by atoms with van der Waals surface area (Å²) in [6.45, 7) is -0.256. The average molecular weight is 583 g/mol. The van der Waals surface area contributed by atoms with Crippen LogP contribution in [-0.2, 0) is 24.4 Å². The van der Waals surface area contributed by atoms with Crippen molar-refractivity contribution in [1.29, 1.82) is 0 Å². The Labute approximate surface area is 207 Å². The van der Waals surface area contributed by atoms with E-state index in [9.17, 15) is 26.8 Å². The van der Waals surface area contributed by atoms with Gasteiger partial charge in [0, 0.05) is 24.3 Å². The molecule has 0 aromatic carbocycles. The maximum Gasteiger partial charge on any atom is 0.514 e. The second-order valence-corrected chi connectivity index (χ2v) is 15.1. The predicted octanol–water partition coefficient (Wildman–Crippen LogP) is 6.33. The summed E-state index contributed by atoms with van der Waals surface area (Å²) in [5, 5.41) is -4.39. The molecule has 1 unspecified atom stereocenters. The van der Waals surface area contributed by atoms with Gasteiger partial charge in [0.25, 0.3) is 0 Å². The minimum atomic E-state index is -5.46. The normalized spacial score (nSPS) is 18.3. The van der Waals surface area contributed by atoms with Gasteiger partial charge in [-0.25, -0.2) is 4.79 Å². The second kappa shape index (κ2) is 15.0. The van der Waals surface area contributed by atoms with E-state index >= 15 is 0 Å². The molecule has 0 aromatic heterocycles. The number of carbonyl (C=O) groups excluding carboxylic acids is 2.